The van der Waals surface area contributed by atoms with Gasteiger partial charge in [0.15, 0.2) is 0 Å². The van der Waals surface area contributed by atoms with Crippen molar-refractivity contribution in [2.24, 2.45) is 5.73 Å². The molecule has 1 unspecified atom stereocenters. The van der Waals surface area contributed by atoms with Gasteiger partial charge in [0.25, 0.3) is 0 Å². The lowest BCUT2D eigenvalue weighted by molar-refractivity contribution is -0.385. The summed E-state index contributed by atoms with van der Waals surface area (Å²) in [4.78, 5) is 10.6. The molecule has 0 amide bonds. The van der Waals surface area contributed by atoms with Crippen LogP contribution in [0.1, 0.15) is 24.1 Å². The second-order valence-electron chi connectivity index (χ2n) is 4.76. The van der Waals surface area contributed by atoms with Gasteiger partial charge in [-0.1, -0.05) is 29.8 Å². The Balaban J connectivity index is 2.41. The van der Waals surface area contributed by atoms with E-state index in [4.69, 9.17) is 22.1 Å². The van der Waals surface area contributed by atoms with Crippen LogP contribution in [0.2, 0.25) is 5.02 Å². The van der Waals surface area contributed by atoms with E-state index in [1.165, 1.54) is 6.07 Å². The van der Waals surface area contributed by atoms with Gasteiger partial charge in [0.05, 0.1) is 9.95 Å². The quantitative estimate of drug-likeness (QED) is 0.672. The van der Waals surface area contributed by atoms with Gasteiger partial charge in [-0.05, 0) is 37.1 Å². The Bertz CT molecular complexity index is 687. The zero-order chi connectivity index (χ0) is 15.6. The number of ether oxygens (including phenoxy) is 1. The predicted molar refractivity (Wildman–Crippen MR) is 82.0 cm³/mol. The SMILES string of the molecule is Cc1cccc([N+](=O)[O-])c1Oc1ccc(C(C)N)cc1Cl. The second-order valence-corrected chi connectivity index (χ2v) is 5.17. The van der Waals surface area contributed by atoms with E-state index in [-0.39, 0.29) is 17.5 Å². The molecule has 21 heavy (non-hydrogen) atoms. The molecule has 0 aliphatic rings. The van der Waals surface area contributed by atoms with Crippen molar-refractivity contribution in [3.8, 4) is 11.5 Å². The lowest BCUT2D eigenvalue weighted by atomic mass is 10.1. The van der Waals surface area contributed by atoms with Crippen LogP contribution in [0.3, 0.4) is 0 Å². The van der Waals surface area contributed by atoms with E-state index < -0.39 is 4.92 Å². The molecule has 2 aromatic rings. The van der Waals surface area contributed by atoms with E-state index in [9.17, 15) is 10.1 Å². The van der Waals surface area contributed by atoms with E-state index >= 15 is 0 Å². The maximum Gasteiger partial charge on any atom is 0.311 e. The minimum absolute atomic E-state index is 0.0951. The summed E-state index contributed by atoms with van der Waals surface area (Å²) in [5.74, 6) is 0.552. The maximum atomic E-state index is 11.1. The van der Waals surface area contributed by atoms with Crippen LogP contribution in [0.25, 0.3) is 0 Å². The topological polar surface area (TPSA) is 78.4 Å². The number of benzene rings is 2. The number of hydrogen-bond donors (Lipinski definition) is 1. The average Bonchev–Trinajstić information content (AvgIpc) is 2.42. The fourth-order valence-corrected chi connectivity index (χ4v) is 2.13. The van der Waals surface area contributed by atoms with Crippen molar-refractivity contribution < 1.29 is 9.66 Å². The van der Waals surface area contributed by atoms with Crippen LogP contribution in [0.5, 0.6) is 11.5 Å². The number of nitro benzene ring substituents is 1. The summed E-state index contributed by atoms with van der Waals surface area (Å²) in [6.07, 6.45) is 0. The molecule has 2 rings (SSSR count). The first-order valence-corrected chi connectivity index (χ1v) is 6.75. The van der Waals surface area contributed by atoms with Gasteiger partial charge in [-0.25, -0.2) is 0 Å². The number of rotatable bonds is 4. The average molecular weight is 307 g/mol. The van der Waals surface area contributed by atoms with Crippen molar-refractivity contribution in [3.63, 3.8) is 0 Å². The van der Waals surface area contributed by atoms with Crippen LogP contribution in [-0.4, -0.2) is 4.92 Å². The molecule has 2 N–H and O–H groups in total. The van der Waals surface area contributed by atoms with Crippen molar-refractivity contribution in [2.45, 2.75) is 19.9 Å². The van der Waals surface area contributed by atoms with Crippen LogP contribution in [0, 0.1) is 17.0 Å². The van der Waals surface area contributed by atoms with E-state index in [0.29, 0.717) is 16.3 Å². The van der Waals surface area contributed by atoms with Gasteiger partial charge in [0.2, 0.25) is 5.75 Å². The normalized spacial score (nSPS) is 12.0. The lowest BCUT2D eigenvalue weighted by Crippen LogP contribution is -2.04. The van der Waals surface area contributed by atoms with Crippen molar-refractivity contribution >= 4 is 17.3 Å². The first-order valence-electron chi connectivity index (χ1n) is 6.37. The van der Waals surface area contributed by atoms with Crippen molar-refractivity contribution in [2.75, 3.05) is 0 Å². The fraction of sp³-hybridized carbons (Fsp3) is 0.200. The van der Waals surface area contributed by atoms with Crippen LogP contribution < -0.4 is 10.5 Å². The molecule has 110 valence electrons. The molecule has 0 aromatic heterocycles. The summed E-state index contributed by atoms with van der Waals surface area (Å²) in [6, 6.07) is 9.75. The number of nitro groups is 1. The van der Waals surface area contributed by atoms with Crippen molar-refractivity contribution in [3.05, 3.63) is 62.7 Å². The summed E-state index contributed by atoms with van der Waals surface area (Å²) >= 11 is 6.16. The van der Waals surface area contributed by atoms with E-state index in [0.717, 1.165) is 5.56 Å². The molecule has 1 atom stereocenters. The third-order valence-electron chi connectivity index (χ3n) is 3.08. The Morgan fingerprint density at radius 3 is 2.62 bits per heavy atom. The third-order valence-corrected chi connectivity index (χ3v) is 3.38. The lowest BCUT2D eigenvalue weighted by Gasteiger charge is -2.12. The van der Waals surface area contributed by atoms with Gasteiger partial charge in [-0.2, -0.15) is 0 Å². The van der Waals surface area contributed by atoms with Crippen molar-refractivity contribution in [1.29, 1.82) is 0 Å². The number of para-hydroxylation sites is 1. The Hall–Kier alpha value is -2.11. The summed E-state index contributed by atoms with van der Waals surface area (Å²) in [7, 11) is 0. The zero-order valence-electron chi connectivity index (χ0n) is 11.7. The minimum Gasteiger partial charge on any atom is -0.448 e. The molecule has 2 aromatic carbocycles. The van der Waals surface area contributed by atoms with Gasteiger partial charge < -0.3 is 10.5 Å². The molecule has 0 saturated heterocycles. The largest absolute Gasteiger partial charge is 0.448 e. The monoisotopic (exact) mass is 306 g/mol. The molecule has 5 nitrogen and oxygen atoms in total. The van der Waals surface area contributed by atoms with E-state index in [1.807, 2.05) is 6.92 Å². The number of nitrogens with two attached hydrogens (primary N) is 1. The fourth-order valence-electron chi connectivity index (χ4n) is 1.91. The highest BCUT2D eigenvalue weighted by Crippen LogP contribution is 2.37. The summed E-state index contributed by atoms with van der Waals surface area (Å²) in [5, 5.41) is 11.4. The smallest absolute Gasteiger partial charge is 0.311 e. The van der Waals surface area contributed by atoms with Crippen LogP contribution in [0.15, 0.2) is 36.4 Å². The Labute approximate surface area is 127 Å². The third kappa shape index (κ3) is 3.32. The van der Waals surface area contributed by atoms with E-state index in [2.05, 4.69) is 0 Å². The van der Waals surface area contributed by atoms with Gasteiger partial charge >= 0.3 is 5.69 Å². The first kappa shape index (κ1) is 15.3. The molecule has 0 aliphatic heterocycles. The Morgan fingerprint density at radius 2 is 2.05 bits per heavy atom. The number of hydrogen-bond acceptors (Lipinski definition) is 4. The van der Waals surface area contributed by atoms with Gasteiger partial charge in [-0.15, -0.1) is 0 Å². The Morgan fingerprint density at radius 1 is 1.33 bits per heavy atom. The van der Waals surface area contributed by atoms with Crippen LogP contribution in [0.4, 0.5) is 5.69 Å². The molecular weight excluding hydrogens is 292 g/mol. The standard InChI is InChI=1S/C15H15ClN2O3/c1-9-4-3-5-13(18(19)20)15(9)21-14-7-6-11(10(2)17)8-12(14)16/h3-8,10H,17H2,1-2H3. The van der Waals surface area contributed by atoms with Gasteiger partial charge in [0, 0.05) is 12.1 Å². The predicted octanol–water partition coefficient (Wildman–Crippen LogP) is 4.37. The van der Waals surface area contributed by atoms with Gasteiger partial charge in [0.1, 0.15) is 5.75 Å². The molecule has 6 heteroatoms. The molecule has 0 radical (unpaired) electrons. The number of nitrogens with zero attached hydrogens (tertiary/aromatic N) is 1. The molecule has 0 aliphatic carbocycles. The first-order chi connectivity index (χ1) is 9.90. The highest BCUT2D eigenvalue weighted by Gasteiger charge is 2.19. The van der Waals surface area contributed by atoms with Crippen LogP contribution in [-0.2, 0) is 0 Å². The molecular formula is C15H15ClN2O3. The molecule has 0 spiro atoms. The second kappa shape index (κ2) is 6.11. The Kier molecular flexibility index (Phi) is 4.45. The maximum absolute atomic E-state index is 11.1. The van der Waals surface area contributed by atoms with Crippen molar-refractivity contribution in [1.82, 2.24) is 0 Å². The summed E-state index contributed by atoms with van der Waals surface area (Å²) in [5.41, 5.74) is 7.22. The van der Waals surface area contributed by atoms with Gasteiger partial charge in [-0.3, -0.25) is 10.1 Å². The number of aryl methyl sites for hydroxylation is 1. The summed E-state index contributed by atoms with van der Waals surface area (Å²) in [6.45, 7) is 3.59. The molecule has 0 bridgehead atoms. The highest BCUT2D eigenvalue weighted by atomic mass is 35.5. The highest BCUT2D eigenvalue weighted by molar-refractivity contribution is 6.32. The molecule has 0 saturated carbocycles. The molecule has 0 heterocycles. The minimum atomic E-state index is -0.480. The summed E-state index contributed by atoms with van der Waals surface area (Å²) < 4.78 is 5.65. The molecule has 0 fully saturated rings. The zero-order valence-corrected chi connectivity index (χ0v) is 12.4. The van der Waals surface area contributed by atoms with Crippen LogP contribution >= 0.6 is 11.6 Å². The number of halogens is 1. The van der Waals surface area contributed by atoms with E-state index in [1.54, 1.807) is 37.3 Å².